The van der Waals surface area contributed by atoms with Crippen molar-refractivity contribution < 1.29 is 19.1 Å². The molecule has 0 saturated carbocycles. The van der Waals surface area contributed by atoms with Crippen molar-refractivity contribution in [3.8, 4) is 6.07 Å². The molecule has 0 heterocycles. The summed E-state index contributed by atoms with van der Waals surface area (Å²) in [6.45, 7) is 0.534. The molecule has 0 rings (SSSR count). The molecule has 0 saturated heterocycles. The van der Waals surface area contributed by atoms with E-state index in [-0.39, 0.29) is 13.1 Å². The van der Waals surface area contributed by atoms with Crippen LogP contribution in [-0.2, 0) is 19.1 Å². The first-order chi connectivity index (χ1) is 7.63. The number of hydrogen-bond acceptors (Lipinski definition) is 6. The van der Waals surface area contributed by atoms with E-state index in [0.717, 1.165) is 0 Å². The fourth-order valence-electron chi connectivity index (χ4n) is 1.09. The molecule has 0 unspecified atom stereocenters. The molecule has 0 aliphatic carbocycles. The van der Waals surface area contributed by atoms with Crippen molar-refractivity contribution in [1.29, 1.82) is 5.26 Å². The third-order valence-corrected chi connectivity index (χ3v) is 1.92. The molecule has 6 heteroatoms. The number of nitrogens with zero attached hydrogens (tertiary/aromatic N) is 2. The maximum absolute atomic E-state index is 11.0. The predicted molar refractivity (Wildman–Crippen MR) is 55.3 cm³/mol. The number of unbranched alkanes of at least 4 members (excludes halogenated alkanes) is 1. The Morgan fingerprint density at radius 2 is 1.69 bits per heavy atom. The number of rotatable bonds is 7. The van der Waals surface area contributed by atoms with E-state index in [2.05, 4.69) is 9.47 Å². The number of carbonyl (C=O) groups is 2. The van der Waals surface area contributed by atoms with E-state index in [1.54, 1.807) is 4.90 Å². The van der Waals surface area contributed by atoms with E-state index in [1.165, 1.54) is 14.2 Å². The predicted octanol–water partition coefficient (Wildman–Crippen LogP) is -0.0618. The van der Waals surface area contributed by atoms with Gasteiger partial charge in [0.05, 0.1) is 33.4 Å². The quantitative estimate of drug-likeness (QED) is 0.448. The van der Waals surface area contributed by atoms with Crippen LogP contribution in [0.3, 0.4) is 0 Å². The van der Waals surface area contributed by atoms with Gasteiger partial charge in [-0.05, 0) is 6.42 Å². The highest BCUT2D eigenvalue weighted by atomic mass is 16.5. The van der Waals surface area contributed by atoms with Gasteiger partial charge in [-0.15, -0.1) is 0 Å². The van der Waals surface area contributed by atoms with E-state index in [0.29, 0.717) is 19.4 Å². The largest absolute Gasteiger partial charge is 0.468 e. The second-order valence-electron chi connectivity index (χ2n) is 3.12. The zero-order chi connectivity index (χ0) is 12.4. The first kappa shape index (κ1) is 14.4. The Labute approximate surface area is 94.7 Å². The summed E-state index contributed by atoms with van der Waals surface area (Å²) < 4.78 is 9.01. The Morgan fingerprint density at radius 3 is 2.06 bits per heavy atom. The minimum absolute atomic E-state index is 0.0248. The Morgan fingerprint density at radius 1 is 1.19 bits per heavy atom. The fourth-order valence-corrected chi connectivity index (χ4v) is 1.09. The van der Waals surface area contributed by atoms with Gasteiger partial charge in [-0.3, -0.25) is 14.5 Å². The molecule has 0 N–H and O–H groups in total. The number of nitriles is 1. The zero-order valence-electron chi connectivity index (χ0n) is 9.56. The summed E-state index contributed by atoms with van der Waals surface area (Å²) in [5.41, 5.74) is 0. The van der Waals surface area contributed by atoms with E-state index in [1.807, 2.05) is 6.07 Å². The second-order valence-corrected chi connectivity index (χ2v) is 3.12. The lowest BCUT2D eigenvalue weighted by molar-refractivity contribution is -0.145. The van der Waals surface area contributed by atoms with E-state index < -0.39 is 11.9 Å². The summed E-state index contributed by atoms with van der Waals surface area (Å²) in [7, 11) is 2.57. The molecule has 0 amide bonds. The molecule has 0 aromatic carbocycles. The van der Waals surface area contributed by atoms with Crippen molar-refractivity contribution in [2.24, 2.45) is 0 Å². The number of carbonyl (C=O) groups excluding carboxylic acids is 2. The second kappa shape index (κ2) is 8.68. The maximum Gasteiger partial charge on any atom is 0.319 e. The van der Waals surface area contributed by atoms with Gasteiger partial charge in [0.2, 0.25) is 0 Å². The molecule has 0 aromatic rings. The summed E-state index contributed by atoms with van der Waals surface area (Å²) in [4.78, 5) is 23.7. The summed E-state index contributed by atoms with van der Waals surface area (Å²) in [5.74, 6) is -0.832. The van der Waals surface area contributed by atoms with Crippen LogP contribution in [0.2, 0.25) is 0 Å². The van der Waals surface area contributed by atoms with Crippen molar-refractivity contribution in [3.05, 3.63) is 0 Å². The normalized spacial score (nSPS) is 9.62. The van der Waals surface area contributed by atoms with E-state index in [9.17, 15) is 9.59 Å². The molecule has 16 heavy (non-hydrogen) atoms. The van der Waals surface area contributed by atoms with Crippen molar-refractivity contribution in [3.63, 3.8) is 0 Å². The molecule has 6 nitrogen and oxygen atoms in total. The van der Waals surface area contributed by atoms with Crippen molar-refractivity contribution in [2.45, 2.75) is 12.8 Å². The average Bonchev–Trinajstić information content (AvgIpc) is 2.28. The summed E-state index contributed by atoms with van der Waals surface area (Å²) in [6.07, 6.45) is 0.989. The molecular formula is C10H16N2O4. The van der Waals surface area contributed by atoms with Crippen LogP contribution in [0.5, 0.6) is 0 Å². The van der Waals surface area contributed by atoms with Crippen molar-refractivity contribution >= 4 is 11.9 Å². The molecular weight excluding hydrogens is 212 g/mol. The number of esters is 2. The first-order valence-corrected chi connectivity index (χ1v) is 4.87. The van der Waals surface area contributed by atoms with Gasteiger partial charge in [0, 0.05) is 13.0 Å². The minimum Gasteiger partial charge on any atom is -0.468 e. The first-order valence-electron chi connectivity index (χ1n) is 4.87. The number of hydrogen-bond donors (Lipinski definition) is 0. The van der Waals surface area contributed by atoms with Crippen LogP contribution in [0.1, 0.15) is 12.8 Å². The van der Waals surface area contributed by atoms with Gasteiger partial charge >= 0.3 is 11.9 Å². The monoisotopic (exact) mass is 228 g/mol. The zero-order valence-corrected chi connectivity index (χ0v) is 9.56. The van der Waals surface area contributed by atoms with Crippen LogP contribution in [0.15, 0.2) is 0 Å². The van der Waals surface area contributed by atoms with Crippen LogP contribution in [0.4, 0.5) is 0 Å². The molecule has 0 radical (unpaired) electrons. The topological polar surface area (TPSA) is 79.6 Å². The summed E-state index contributed by atoms with van der Waals surface area (Å²) in [5, 5.41) is 8.38. The molecule has 0 aliphatic rings. The fraction of sp³-hybridized carbons (Fsp3) is 0.700. The Hall–Kier alpha value is -1.61. The highest BCUT2D eigenvalue weighted by molar-refractivity contribution is 5.74. The van der Waals surface area contributed by atoms with Crippen LogP contribution >= 0.6 is 0 Å². The van der Waals surface area contributed by atoms with Crippen LogP contribution in [0.25, 0.3) is 0 Å². The molecule has 0 bridgehead atoms. The average molecular weight is 228 g/mol. The lowest BCUT2D eigenvalue weighted by Crippen LogP contribution is -2.36. The Kier molecular flexibility index (Phi) is 7.81. The molecule has 0 fully saturated rings. The lowest BCUT2D eigenvalue weighted by atomic mass is 10.3. The third kappa shape index (κ3) is 6.79. The Balaban J connectivity index is 4.10. The summed E-state index contributed by atoms with van der Waals surface area (Å²) in [6, 6.07) is 2.00. The SMILES string of the molecule is COC(=O)CN(CCCC#N)CC(=O)OC. The molecule has 0 spiro atoms. The highest BCUT2D eigenvalue weighted by Crippen LogP contribution is 1.96. The molecule has 0 atom stereocenters. The smallest absolute Gasteiger partial charge is 0.319 e. The van der Waals surface area contributed by atoms with Crippen molar-refractivity contribution in [1.82, 2.24) is 4.90 Å². The standard InChI is InChI=1S/C10H16N2O4/c1-15-9(13)7-12(6-4-3-5-11)8-10(14)16-2/h3-4,6-8H2,1-2H3. The third-order valence-electron chi connectivity index (χ3n) is 1.92. The Bertz CT molecular complexity index is 254. The van der Waals surface area contributed by atoms with Gasteiger partial charge in [-0.1, -0.05) is 0 Å². The number of ether oxygens (including phenoxy) is 2. The van der Waals surface area contributed by atoms with Crippen LogP contribution in [-0.4, -0.2) is 50.7 Å². The van der Waals surface area contributed by atoms with Gasteiger partial charge in [0.1, 0.15) is 0 Å². The molecule has 90 valence electrons. The number of methoxy groups -OCH3 is 2. The van der Waals surface area contributed by atoms with Gasteiger partial charge in [0.25, 0.3) is 0 Å². The van der Waals surface area contributed by atoms with Gasteiger partial charge < -0.3 is 9.47 Å². The highest BCUT2D eigenvalue weighted by Gasteiger charge is 2.14. The van der Waals surface area contributed by atoms with Crippen LogP contribution in [0, 0.1) is 11.3 Å². The minimum atomic E-state index is -0.416. The van der Waals surface area contributed by atoms with E-state index >= 15 is 0 Å². The van der Waals surface area contributed by atoms with Crippen molar-refractivity contribution in [2.75, 3.05) is 33.9 Å². The molecule has 0 aliphatic heterocycles. The lowest BCUT2D eigenvalue weighted by Gasteiger charge is -2.18. The van der Waals surface area contributed by atoms with Gasteiger partial charge in [-0.2, -0.15) is 5.26 Å². The maximum atomic E-state index is 11.0. The van der Waals surface area contributed by atoms with Gasteiger partial charge in [-0.25, -0.2) is 0 Å². The van der Waals surface area contributed by atoms with E-state index in [4.69, 9.17) is 5.26 Å². The van der Waals surface area contributed by atoms with Crippen LogP contribution < -0.4 is 0 Å². The molecule has 0 aromatic heterocycles. The van der Waals surface area contributed by atoms with Gasteiger partial charge in [0.15, 0.2) is 0 Å². The summed E-state index contributed by atoms with van der Waals surface area (Å²) >= 11 is 0.